The highest BCUT2D eigenvalue weighted by atomic mass is 16.5. The minimum atomic E-state index is 0.556. The smallest absolute Gasteiger partial charge is 0.0759 e. The van der Waals surface area contributed by atoms with Crippen molar-refractivity contribution in [3.8, 4) is 0 Å². The summed E-state index contributed by atoms with van der Waals surface area (Å²) in [6.45, 7) is 9.21. The molecule has 1 saturated carbocycles. The van der Waals surface area contributed by atoms with Crippen molar-refractivity contribution in [3.63, 3.8) is 0 Å². The van der Waals surface area contributed by atoms with Crippen LogP contribution in [0.25, 0.3) is 0 Å². The number of rotatable bonds is 3. The summed E-state index contributed by atoms with van der Waals surface area (Å²) in [5.74, 6) is 1.62. The molecule has 0 aromatic carbocycles. The Labute approximate surface area is 105 Å². The summed E-state index contributed by atoms with van der Waals surface area (Å²) >= 11 is 0. The van der Waals surface area contributed by atoms with Gasteiger partial charge >= 0.3 is 0 Å². The number of nitrogens with one attached hydrogen (secondary N) is 1. The van der Waals surface area contributed by atoms with Crippen molar-refractivity contribution in [2.45, 2.75) is 51.3 Å². The van der Waals surface area contributed by atoms with Crippen molar-refractivity contribution in [2.75, 3.05) is 26.2 Å². The normalized spacial score (nSPS) is 40.1. The summed E-state index contributed by atoms with van der Waals surface area (Å²) < 4.78 is 5.98. The van der Waals surface area contributed by atoms with E-state index in [1.165, 1.54) is 32.4 Å². The van der Waals surface area contributed by atoms with Crippen molar-refractivity contribution >= 4 is 0 Å². The van der Waals surface area contributed by atoms with E-state index in [-0.39, 0.29) is 0 Å². The van der Waals surface area contributed by atoms with Crippen molar-refractivity contribution in [2.24, 2.45) is 11.8 Å². The largest absolute Gasteiger partial charge is 0.376 e. The van der Waals surface area contributed by atoms with Gasteiger partial charge in [-0.25, -0.2) is 0 Å². The standard InChI is InChI=1S/C14H26N2O/c1-10(2)12-9-16(7-6-15-12)13-5-8-17-14(13)11-3-4-11/h10-15H,3-9H2,1-2H3. The minimum Gasteiger partial charge on any atom is -0.376 e. The summed E-state index contributed by atoms with van der Waals surface area (Å²) in [4.78, 5) is 2.71. The first kappa shape index (κ1) is 11.9. The summed E-state index contributed by atoms with van der Waals surface area (Å²) in [7, 11) is 0. The average molecular weight is 238 g/mol. The molecule has 3 heteroatoms. The predicted octanol–water partition coefficient (Wildman–Crippen LogP) is 1.48. The fourth-order valence-corrected chi connectivity index (χ4v) is 3.42. The molecule has 3 atom stereocenters. The maximum absolute atomic E-state index is 5.98. The van der Waals surface area contributed by atoms with Crippen LogP contribution in [0.1, 0.15) is 33.1 Å². The molecule has 3 nitrogen and oxygen atoms in total. The van der Waals surface area contributed by atoms with Gasteiger partial charge in [0, 0.05) is 38.3 Å². The Hall–Kier alpha value is -0.120. The number of ether oxygens (including phenoxy) is 1. The molecule has 0 radical (unpaired) electrons. The van der Waals surface area contributed by atoms with Gasteiger partial charge in [0.15, 0.2) is 0 Å². The number of hydrogen-bond donors (Lipinski definition) is 1. The monoisotopic (exact) mass is 238 g/mol. The molecule has 3 fully saturated rings. The van der Waals surface area contributed by atoms with Gasteiger partial charge in [-0.3, -0.25) is 4.90 Å². The Morgan fingerprint density at radius 3 is 2.76 bits per heavy atom. The van der Waals surface area contributed by atoms with Crippen LogP contribution < -0.4 is 5.32 Å². The maximum Gasteiger partial charge on any atom is 0.0759 e. The molecule has 2 saturated heterocycles. The molecule has 3 unspecified atom stereocenters. The van der Waals surface area contributed by atoms with Crippen LogP contribution in [0.2, 0.25) is 0 Å². The van der Waals surface area contributed by atoms with Crippen LogP contribution in [0.15, 0.2) is 0 Å². The van der Waals surface area contributed by atoms with Gasteiger partial charge in [-0.05, 0) is 31.1 Å². The lowest BCUT2D eigenvalue weighted by molar-refractivity contribution is 0.0320. The van der Waals surface area contributed by atoms with E-state index in [9.17, 15) is 0 Å². The molecular formula is C14H26N2O. The molecule has 0 aromatic rings. The molecule has 17 heavy (non-hydrogen) atoms. The van der Waals surface area contributed by atoms with E-state index < -0.39 is 0 Å². The Morgan fingerprint density at radius 2 is 2.06 bits per heavy atom. The first-order valence-electron chi connectivity index (χ1n) is 7.34. The number of hydrogen-bond acceptors (Lipinski definition) is 3. The topological polar surface area (TPSA) is 24.5 Å². The second-order valence-electron chi connectivity index (χ2n) is 6.33. The Morgan fingerprint density at radius 1 is 1.24 bits per heavy atom. The summed E-state index contributed by atoms with van der Waals surface area (Å²) in [5.41, 5.74) is 0. The molecule has 1 aliphatic carbocycles. The van der Waals surface area contributed by atoms with Crippen LogP contribution in [0.3, 0.4) is 0 Å². The molecule has 2 aliphatic heterocycles. The molecule has 0 amide bonds. The molecule has 3 rings (SSSR count). The van der Waals surface area contributed by atoms with Crippen LogP contribution in [0.4, 0.5) is 0 Å². The fourth-order valence-electron chi connectivity index (χ4n) is 3.42. The molecular weight excluding hydrogens is 212 g/mol. The Kier molecular flexibility index (Phi) is 3.42. The number of piperazine rings is 1. The maximum atomic E-state index is 5.98. The van der Waals surface area contributed by atoms with Crippen LogP contribution in [0.5, 0.6) is 0 Å². The third-order valence-corrected chi connectivity index (χ3v) is 4.70. The zero-order chi connectivity index (χ0) is 11.8. The zero-order valence-corrected chi connectivity index (χ0v) is 11.2. The van der Waals surface area contributed by atoms with E-state index in [2.05, 4.69) is 24.1 Å². The van der Waals surface area contributed by atoms with Crippen molar-refractivity contribution in [1.29, 1.82) is 0 Å². The summed E-state index contributed by atoms with van der Waals surface area (Å²) in [5, 5.41) is 3.65. The van der Waals surface area contributed by atoms with Gasteiger partial charge < -0.3 is 10.1 Å². The molecule has 0 bridgehead atoms. The van der Waals surface area contributed by atoms with E-state index in [4.69, 9.17) is 4.74 Å². The van der Waals surface area contributed by atoms with Crippen molar-refractivity contribution in [1.82, 2.24) is 10.2 Å². The lowest BCUT2D eigenvalue weighted by Crippen LogP contribution is -2.57. The highest BCUT2D eigenvalue weighted by Gasteiger charge is 2.43. The SMILES string of the molecule is CC(C)C1CN(C2CCOC2C2CC2)CCN1. The minimum absolute atomic E-state index is 0.556. The van der Waals surface area contributed by atoms with Crippen molar-refractivity contribution < 1.29 is 4.74 Å². The third kappa shape index (κ3) is 2.51. The first-order valence-corrected chi connectivity index (χ1v) is 7.34. The summed E-state index contributed by atoms with van der Waals surface area (Å²) in [6, 6.07) is 1.38. The lowest BCUT2D eigenvalue weighted by atomic mass is 9.98. The van der Waals surface area contributed by atoms with E-state index in [1.54, 1.807) is 0 Å². The highest BCUT2D eigenvalue weighted by Crippen LogP contribution is 2.40. The van der Waals surface area contributed by atoms with Gasteiger partial charge in [0.2, 0.25) is 0 Å². The van der Waals surface area contributed by atoms with E-state index >= 15 is 0 Å². The van der Waals surface area contributed by atoms with E-state index in [0.29, 0.717) is 18.2 Å². The second kappa shape index (κ2) is 4.87. The third-order valence-electron chi connectivity index (χ3n) is 4.70. The van der Waals surface area contributed by atoms with Gasteiger partial charge in [-0.1, -0.05) is 13.8 Å². The zero-order valence-electron chi connectivity index (χ0n) is 11.2. The summed E-state index contributed by atoms with van der Waals surface area (Å²) in [6.07, 6.45) is 4.62. The van der Waals surface area contributed by atoms with Crippen LogP contribution in [-0.4, -0.2) is 49.3 Å². The van der Waals surface area contributed by atoms with Crippen LogP contribution in [0, 0.1) is 11.8 Å². The fraction of sp³-hybridized carbons (Fsp3) is 1.00. The van der Waals surface area contributed by atoms with E-state index in [0.717, 1.165) is 25.0 Å². The molecule has 2 heterocycles. The Bertz CT molecular complexity index is 265. The second-order valence-corrected chi connectivity index (χ2v) is 6.33. The van der Waals surface area contributed by atoms with Crippen molar-refractivity contribution in [3.05, 3.63) is 0 Å². The molecule has 98 valence electrons. The first-order chi connectivity index (χ1) is 8.25. The Balaban J connectivity index is 1.62. The van der Waals surface area contributed by atoms with Crippen LogP contribution >= 0.6 is 0 Å². The quantitative estimate of drug-likeness (QED) is 0.806. The number of nitrogens with zero attached hydrogens (tertiary/aromatic N) is 1. The molecule has 1 N–H and O–H groups in total. The van der Waals surface area contributed by atoms with Gasteiger partial charge in [-0.2, -0.15) is 0 Å². The predicted molar refractivity (Wildman–Crippen MR) is 69.1 cm³/mol. The molecule has 0 aromatic heterocycles. The van der Waals surface area contributed by atoms with Gasteiger partial charge in [0.25, 0.3) is 0 Å². The molecule has 3 aliphatic rings. The van der Waals surface area contributed by atoms with Gasteiger partial charge in [0.05, 0.1) is 6.10 Å². The van der Waals surface area contributed by atoms with E-state index in [1.807, 2.05) is 0 Å². The van der Waals surface area contributed by atoms with Gasteiger partial charge in [0.1, 0.15) is 0 Å². The van der Waals surface area contributed by atoms with Crippen LogP contribution in [-0.2, 0) is 4.74 Å². The average Bonchev–Trinajstić information content (AvgIpc) is 3.07. The lowest BCUT2D eigenvalue weighted by Gasteiger charge is -2.40. The molecule has 0 spiro atoms. The van der Waals surface area contributed by atoms with Gasteiger partial charge in [-0.15, -0.1) is 0 Å². The highest BCUT2D eigenvalue weighted by molar-refractivity contribution is 4.97.